The highest BCUT2D eigenvalue weighted by atomic mass is 16.5. The minimum absolute atomic E-state index is 0.419. The quantitative estimate of drug-likeness (QED) is 0.707. The highest BCUT2D eigenvalue weighted by molar-refractivity contribution is 5.49. The molecule has 0 aromatic carbocycles. The molecule has 1 aliphatic heterocycles. The van der Waals surface area contributed by atoms with E-state index in [2.05, 4.69) is 17.2 Å². The fraction of sp³-hybridized carbons (Fsp3) is 0.500. The summed E-state index contributed by atoms with van der Waals surface area (Å²) >= 11 is 0. The number of hydrogen-bond donors (Lipinski definition) is 3. The molecule has 1 atom stereocenters. The molecule has 0 radical (unpaired) electrons. The van der Waals surface area contributed by atoms with Crippen LogP contribution in [-0.4, -0.2) is 28.3 Å². The number of nitrogens with one attached hydrogen (secondary N) is 1. The summed E-state index contributed by atoms with van der Waals surface area (Å²) in [5, 5.41) is 21.8. The van der Waals surface area contributed by atoms with Gasteiger partial charge in [0.15, 0.2) is 6.29 Å². The number of rotatable bonds is 5. The van der Waals surface area contributed by atoms with E-state index in [-0.39, 0.29) is 0 Å². The molecular weight excluding hydrogens is 244 g/mol. The molecular formula is C14H20N2O3. The third-order valence-electron chi connectivity index (χ3n) is 3.42. The molecule has 3 N–H and O–H groups in total. The van der Waals surface area contributed by atoms with Crippen molar-refractivity contribution >= 4 is 5.69 Å². The summed E-state index contributed by atoms with van der Waals surface area (Å²) in [4.78, 5) is 4.01. The van der Waals surface area contributed by atoms with Gasteiger partial charge in [0.1, 0.15) is 0 Å². The Morgan fingerprint density at radius 1 is 1.53 bits per heavy atom. The van der Waals surface area contributed by atoms with Crippen LogP contribution >= 0.6 is 0 Å². The van der Waals surface area contributed by atoms with Crippen LogP contribution in [0, 0.1) is 5.92 Å². The molecule has 0 saturated carbocycles. The van der Waals surface area contributed by atoms with Crippen molar-refractivity contribution in [3.8, 4) is 0 Å². The summed E-state index contributed by atoms with van der Waals surface area (Å²) in [6.07, 6.45) is 5.47. The Kier molecular flexibility index (Phi) is 4.76. The first-order valence-electron chi connectivity index (χ1n) is 6.56. The largest absolute Gasteiger partial charge is 0.501 e. The average Bonchev–Trinajstić information content (AvgIpc) is 2.45. The van der Waals surface area contributed by atoms with Gasteiger partial charge in [-0.25, -0.2) is 0 Å². The molecule has 0 bridgehead atoms. The summed E-state index contributed by atoms with van der Waals surface area (Å²) in [7, 11) is 0. The van der Waals surface area contributed by atoms with E-state index in [1.807, 2.05) is 6.26 Å². The second-order valence-electron chi connectivity index (χ2n) is 4.62. The van der Waals surface area contributed by atoms with E-state index in [4.69, 9.17) is 4.74 Å². The van der Waals surface area contributed by atoms with Gasteiger partial charge in [0, 0.05) is 24.2 Å². The summed E-state index contributed by atoms with van der Waals surface area (Å²) in [6.45, 7) is 3.59. The first kappa shape index (κ1) is 13.8. The summed E-state index contributed by atoms with van der Waals surface area (Å²) < 4.78 is 5.34. The van der Waals surface area contributed by atoms with Gasteiger partial charge < -0.3 is 20.3 Å². The summed E-state index contributed by atoms with van der Waals surface area (Å²) in [5.41, 5.74) is 2.40. The Morgan fingerprint density at radius 3 is 3.11 bits per heavy atom. The number of aliphatic hydroxyl groups excluding tert-OH is 1. The predicted molar refractivity (Wildman–Crippen MR) is 72.3 cm³/mol. The van der Waals surface area contributed by atoms with E-state index in [1.54, 1.807) is 18.5 Å². The van der Waals surface area contributed by atoms with Crippen LogP contribution in [-0.2, 0) is 4.74 Å². The van der Waals surface area contributed by atoms with Gasteiger partial charge in [0.2, 0.25) is 0 Å². The number of ether oxygens (including phenoxy) is 1. The van der Waals surface area contributed by atoms with Crippen LogP contribution in [0.4, 0.5) is 5.69 Å². The summed E-state index contributed by atoms with van der Waals surface area (Å²) in [5.74, 6) is 0.419. The number of aromatic nitrogens is 1. The van der Waals surface area contributed by atoms with Crippen molar-refractivity contribution in [1.82, 2.24) is 4.98 Å². The molecule has 104 valence electrons. The van der Waals surface area contributed by atoms with Crippen molar-refractivity contribution in [3.63, 3.8) is 0 Å². The van der Waals surface area contributed by atoms with Gasteiger partial charge in [0.25, 0.3) is 0 Å². The molecule has 0 fully saturated rings. The number of nitrogens with zero attached hydrogens (tertiary/aromatic N) is 1. The zero-order valence-electron chi connectivity index (χ0n) is 11.0. The maximum atomic E-state index is 9.30. The minimum atomic E-state index is -1.48. The molecule has 0 aliphatic carbocycles. The van der Waals surface area contributed by atoms with E-state index in [0.717, 1.165) is 26.0 Å². The molecule has 0 saturated heterocycles. The lowest BCUT2D eigenvalue weighted by atomic mass is 9.93. The standard InChI is InChI=1S/C14H20N2O3/c1-2-10-9-19-6-4-11(10)7-16-13-8-15-5-3-12(13)14(17)18/h3,5,8-9,11,14,16-18H,2,4,6-7H2,1H3/t11-/m0/s1. The second kappa shape index (κ2) is 6.54. The van der Waals surface area contributed by atoms with Gasteiger partial charge in [-0.05, 0) is 24.5 Å². The van der Waals surface area contributed by atoms with Gasteiger partial charge in [-0.2, -0.15) is 0 Å². The zero-order chi connectivity index (χ0) is 13.7. The van der Waals surface area contributed by atoms with Crippen molar-refractivity contribution < 1.29 is 14.9 Å². The fourth-order valence-corrected chi connectivity index (χ4v) is 2.27. The Balaban J connectivity index is 2.02. The molecule has 1 aromatic rings. The van der Waals surface area contributed by atoms with Crippen molar-refractivity contribution in [1.29, 1.82) is 0 Å². The third kappa shape index (κ3) is 3.45. The van der Waals surface area contributed by atoms with Crippen LogP contribution in [0.25, 0.3) is 0 Å². The van der Waals surface area contributed by atoms with Crippen molar-refractivity contribution in [3.05, 3.63) is 35.9 Å². The first-order chi connectivity index (χ1) is 9.22. The van der Waals surface area contributed by atoms with E-state index < -0.39 is 6.29 Å². The van der Waals surface area contributed by atoms with Gasteiger partial charge in [-0.1, -0.05) is 6.92 Å². The number of pyridine rings is 1. The Morgan fingerprint density at radius 2 is 2.37 bits per heavy atom. The van der Waals surface area contributed by atoms with Gasteiger partial charge in [0.05, 0.1) is 24.8 Å². The maximum Gasteiger partial charge on any atom is 0.180 e. The zero-order valence-corrected chi connectivity index (χ0v) is 11.0. The number of hydrogen-bond acceptors (Lipinski definition) is 5. The molecule has 5 heteroatoms. The molecule has 5 nitrogen and oxygen atoms in total. The van der Waals surface area contributed by atoms with E-state index in [0.29, 0.717) is 17.2 Å². The van der Waals surface area contributed by atoms with Gasteiger partial charge in [-0.3, -0.25) is 4.98 Å². The average molecular weight is 264 g/mol. The topological polar surface area (TPSA) is 74.6 Å². The summed E-state index contributed by atoms with van der Waals surface area (Å²) in [6, 6.07) is 1.60. The monoisotopic (exact) mass is 264 g/mol. The second-order valence-corrected chi connectivity index (χ2v) is 4.62. The maximum absolute atomic E-state index is 9.30. The lowest BCUT2D eigenvalue weighted by Crippen LogP contribution is -2.22. The molecule has 2 rings (SSSR count). The normalized spacial score (nSPS) is 18.9. The highest BCUT2D eigenvalue weighted by Crippen LogP contribution is 2.25. The molecule has 2 heterocycles. The molecule has 0 amide bonds. The van der Waals surface area contributed by atoms with Gasteiger partial charge >= 0.3 is 0 Å². The van der Waals surface area contributed by atoms with E-state index in [9.17, 15) is 10.2 Å². The van der Waals surface area contributed by atoms with Crippen LogP contribution in [0.1, 0.15) is 31.6 Å². The Labute approximate surface area is 112 Å². The Hall–Kier alpha value is -1.59. The SMILES string of the molecule is CCC1=COCC[C@H]1CNc1cnccc1C(O)O. The fourth-order valence-electron chi connectivity index (χ4n) is 2.27. The van der Waals surface area contributed by atoms with Crippen LogP contribution in [0.2, 0.25) is 0 Å². The molecule has 0 unspecified atom stereocenters. The Bertz CT molecular complexity index is 446. The van der Waals surface area contributed by atoms with Crippen LogP contribution in [0.3, 0.4) is 0 Å². The lowest BCUT2D eigenvalue weighted by Gasteiger charge is -2.25. The van der Waals surface area contributed by atoms with Crippen molar-refractivity contribution in [2.24, 2.45) is 5.92 Å². The first-order valence-corrected chi connectivity index (χ1v) is 6.56. The molecule has 1 aliphatic rings. The highest BCUT2D eigenvalue weighted by Gasteiger charge is 2.18. The van der Waals surface area contributed by atoms with Crippen LogP contribution in [0.15, 0.2) is 30.3 Å². The smallest absolute Gasteiger partial charge is 0.180 e. The lowest BCUT2D eigenvalue weighted by molar-refractivity contribution is -0.0419. The third-order valence-corrected chi connectivity index (χ3v) is 3.42. The molecule has 1 aromatic heterocycles. The minimum Gasteiger partial charge on any atom is -0.501 e. The molecule has 19 heavy (non-hydrogen) atoms. The number of anilines is 1. The number of aliphatic hydroxyl groups is 2. The predicted octanol–water partition coefficient (Wildman–Crippen LogP) is 1.81. The van der Waals surface area contributed by atoms with Crippen LogP contribution < -0.4 is 5.32 Å². The van der Waals surface area contributed by atoms with Crippen LogP contribution in [0.5, 0.6) is 0 Å². The van der Waals surface area contributed by atoms with Gasteiger partial charge in [-0.15, -0.1) is 0 Å². The van der Waals surface area contributed by atoms with Crippen molar-refractivity contribution in [2.45, 2.75) is 26.1 Å². The van der Waals surface area contributed by atoms with E-state index in [1.165, 1.54) is 5.57 Å². The molecule has 0 spiro atoms. The van der Waals surface area contributed by atoms with Crippen molar-refractivity contribution in [2.75, 3.05) is 18.5 Å². The van der Waals surface area contributed by atoms with E-state index >= 15 is 0 Å².